The van der Waals surface area contributed by atoms with Crippen molar-refractivity contribution >= 4 is 45.5 Å². The summed E-state index contributed by atoms with van der Waals surface area (Å²) in [6, 6.07) is 25.4. The number of likely N-dealkylation sites (N-methyl/N-ethyl adjacent to an activating group) is 4. The molecule has 91 heavy (non-hydrogen) atoms. The maximum Gasteiger partial charge on any atom is 0.0946 e. The summed E-state index contributed by atoms with van der Waals surface area (Å²) in [7, 11) is 13.2. The molecule has 2 fully saturated rings. The number of nitrogens with zero attached hydrogens (tertiary/aromatic N) is 13. The SMILES string of the molecule is CN(C)CCCN(C)CCN1CCCc2ccc(N)cc21.CN(CCCN1CCCCC1)CCN1CCCc2ccc(N)cc21.CN(CCCN1CCOCC1)CCN1CCCc2ccc(N)cc21.CN(CCN1CCCc2ccc(N)cc21)CCn1ccnc1. The van der Waals surface area contributed by atoms with Gasteiger partial charge >= 0.3 is 0 Å². The van der Waals surface area contributed by atoms with Crippen molar-refractivity contribution in [2.45, 2.75) is 96.4 Å². The lowest BCUT2D eigenvalue weighted by Gasteiger charge is -2.33. The second-order valence-electron chi connectivity index (χ2n) is 27.1. The monoisotopic (exact) mass is 1250 g/mol. The fraction of sp³-hybridized carbons (Fsp3) is 0.630. The van der Waals surface area contributed by atoms with Crippen molar-refractivity contribution in [2.24, 2.45) is 0 Å². The van der Waals surface area contributed by atoms with Gasteiger partial charge in [0.2, 0.25) is 0 Å². The minimum Gasteiger partial charge on any atom is -0.399 e. The van der Waals surface area contributed by atoms with Gasteiger partial charge in [-0.15, -0.1) is 0 Å². The number of aromatic nitrogens is 2. The molecule has 0 saturated carbocycles. The average molecular weight is 1250 g/mol. The zero-order valence-corrected chi connectivity index (χ0v) is 57.5. The summed E-state index contributed by atoms with van der Waals surface area (Å²) < 4.78 is 7.52. The van der Waals surface area contributed by atoms with Crippen molar-refractivity contribution in [3.63, 3.8) is 0 Å². The molecule has 0 spiro atoms. The lowest BCUT2D eigenvalue weighted by atomic mass is 10.0. The van der Waals surface area contributed by atoms with E-state index in [0.29, 0.717) is 0 Å². The number of rotatable bonds is 27. The molecule has 7 heterocycles. The van der Waals surface area contributed by atoms with Crippen LogP contribution in [0, 0.1) is 0 Å². The first-order valence-electron chi connectivity index (χ1n) is 35.1. The molecule has 0 aliphatic carbocycles. The summed E-state index contributed by atoms with van der Waals surface area (Å²) in [5, 5.41) is 0. The summed E-state index contributed by atoms with van der Waals surface area (Å²) in [5.74, 6) is 0. The van der Waals surface area contributed by atoms with Crippen LogP contribution < -0.4 is 42.5 Å². The number of nitrogens with two attached hydrogens (primary N) is 4. The molecule has 0 atom stereocenters. The number of anilines is 8. The van der Waals surface area contributed by atoms with Gasteiger partial charge in [-0.2, -0.15) is 0 Å². The van der Waals surface area contributed by atoms with Crippen molar-refractivity contribution < 1.29 is 4.74 Å². The van der Waals surface area contributed by atoms with Crippen molar-refractivity contribution in [3.05, 3.63) is 114 Å². The van der Waals surface area contributed by atoms with E-state index < -0.39 is 0 Å². The summed E-state index contributed by atoms with van der Waals surface area (Å²) in [5.41, 5.74) is 38.6. The zero-order chi connectivity index (χ0) is 64.2. The summed E-state index contributed by atoms with van der Waals surface area (Å²) in [6.45, 7) is 29.1. The van der Waals surface area contributed by atoms with Crippen molar-refractivity contribution in [2.75, 3.05) is 249 Å². The molecule has 1 aromatic heterocycles. The Labute approximate surface area is 550 Å². The van der Waals surface area contributed by atoms with E-state index in [2.05, 4.69) is 154 Å². The first-order valence-corrected chi connectivity index (χ1v) is 35.1. The molecule has 8 N–H and O–H groups in total. The highest BCUT2D eigenvalue weighted by Gasteiger charge is 2.22. The lowest BCUT2D eigenvalue weighted by molar-refractivity contribution is 0.0364. The van der Waals surface area contributed by atoms with Crippen molar-refractivity contribution in [1.29, 1.82) is 0 Å². The molecule has 504 valence electrons. The van der Waals surface area contributed by atoms with Crippen LogP contribution in [0.2, 0.25) is 0 Å². The van der Waals surface area contributed by atoms with Crippen LogP contribution in [0.15, 0.2) is 91.5 Å². The van der Waals surface area contributed by atoms with Crippen LogP contribution in [0.4, 0.5) is 45.5 Å². The molecule has 18 nitrogen and oxygen atoms in total. The van der Waals surface area contributed by atoms with Crippen LogP contribution in [-0.4, -0.2) is 250 Å². The van der Waals surface area contributed by atoms with Gasteiger partial charge in [0, 0.05) is 163 Å². The van der Waals surface area contributed by atoms with Gasteiger partial charge in [0.05, 0.1) is 19.5 Å². The third kappa shape index (κ3) is 24.5. The molecule has 0 radical (unpaired) electrons. The fourth-order valence-corrected chi connectivity index (χ4v) is 13.7. The Hall–Kier alpha value is -5.83. The summed E-state index contributed by atoms with van der Waals surface area (Å²) in [4.78, 5) is 31.2. The molecular weight excluding hydrogens is 1130 g/mol. The molecule has 4 aromatic carbocycles. The molecule has 2 saturated heterocycles. The Bertz CT molecular complexity index is 2730. The van der Waals surface area contributed by atoms with E-state index in [0.717, 1.165) is 160 Å². The normalized spacial score (nSPS) is 16.8. The number of hydrogen-bond acceptors (Lipinski definition) is 17. The second-order valence-corrected chi connectivity index (χ2v) is 27.1. The molecule has 0 amide bonds. The van der Waals surface area contributed by atoms with E-state index in [1.165, 1.54) is 168 Å². The Balaban J connectivity index is 0.000000157. The lowest BCUT2D eigenvalue weighted by Crippen LogP contribution is -2.39. The fourth-order valence-electron chi connectivity index (χ4n) is 13.7. The molecule has 0 unspecified atom stereocenters. The van der Waals surface area contributed by atoms with E-state index in [1.807, 2.05) is 43.0 Å². The Morgan fingerprint density at radius 1 is 0.374 bits per heavy atom. The van der Waals surface area contributed by atoms with Crippen LogP contribution in [0.3, 0.4) is 0 Å². The first-order chi connectivity index (χ1) is 44.2. The number of benzene rings is 4. The minimum atomic E-state index is 0.860. The second kappa shape index (κ2) is 38.4. The van der Waals surface area contributed by atoms with E-state index >= 15 is 0 Å². The number of nitrogen functional groups attached to an aromatic ring is 4. The largest absolute Gasteiger partial charge is 0.399 e. The number of hydrogen-bond donors (Lipinski definition) is 4. The minimum absolute atomic E-state index is 0.860. The third-order valence-corrected chi connectivity index (χ3v) is 19.3. The standard InChI is InChI=1S/C20H34N4.C19H32N4O.C17H25N5.C17H30N4/c1-22(10-6-13-23-11-3-2-4-12-23)15-16-24-14-5-7-18-8-9-19(21)17-20(18)24;1-21(7-3-8-22-12-14-24-15-13-22)10-11-23-9-2-4-17-5-6-18(20)16-19(17)23;1-20(9-11-21-8-6-19-14-21)10-12-22-7-2-3-15-4-5-16(18)13-17(15)22;1-19(2)9-5-10-20(3)12-13-21-11-4-6-15-7-8-16(18)14-17(15)21/h8-9,17H,2-7,10-16,21H2,1H3;5-6,16H,2-4,7-15,20H2,1H3;4-6,8,13-14H,2-3,7,9-12,18H2,1H3;7-8,14H,4-6,9-13,18H2,1-3H3. The number of aryl methyl sites for hydroxylation is 4. The van der Waals surface area contributed by atoms with Crippen molar-refractivity contribution in [1.82, 2.24) is 43.9 Å². The molecule has 0 bridgehead atoms. The summed E-state index contributed by atoms with van der Waals surface area (Å²) in [6.07, 6.45) is 23.4. The van der Waals surface area contributed by atoms with Crippen LogP contribution in [0.1, 0.15) is 86.5 Å². The number of ether oxygens (including phenoxy) is 1. The highest BCUT2D eigenvalue weighted by molar-refractivity contribution is 5.65. The zero-order valence-electron chi connectivity index (χ0n) is 57.5. The number of likely N-dealkylation sites (tertiary alicyclic amines) is 1. The maximum atomic E-state index is 5.99. The predicted molar refractivity (Wildman–Crippen MR) is 388 cm³/mol. The van der Waals surface area contributed by atoms with E-state index in [4.69, 9.17) is 27.7 Å². The maximum absolute atomic E-state index is 5.99. The van der Waals surface area contributed by atoms with Crippen LogP contribution >= 0.6 is 0 Å². The quantitative estimate of drug-likeness (QED) is 0.0371. The van der Waals surface area contributed by atoms with Crippen LogP contribution in [0.5, 0.6) is 0 Å². The van der Waals surface area contributed by atoms with Gasteiger partial charge in [-0.05, 0) is 249 Å². The third-order valence-electron chi connectivity index (χ3n) is 19.3. The van der Waals surface area contributed by atoms with E-state index in [1.54, 1.807) is 0 Å². The Morgan fingerprint density at radius 3 is 1.09 bits per heavy atom. The molecule has 6 aliphatic rings. The smallest absolute Gasteiger partial charge is 0.0946 e. The van der Waals surface area contributed by atoms with Crippen molar-refractivity contribution in [3.8, 4) is 0 Å². The molecule has 6 aliphatic heterocycles. The number of morpholine rings is 1. The van der Waals surface area contributed by atoms with Crippen LogP contribution in [-0.2, 0) is 37.0 Å². The molecule has 11 rings (SSSR count). The highest BCUT2D eigenvalue weighted by atomic mass is 16.5. The van der Waals surface area contributed by atoms with Gasteiger partial charge in [0.15, 0.2) is 0 Å². The first kappa shape index (κ1) is 71.0. The van der Waals surface area contributed by atoms with Gasteiger partial charge in [0.25, 0.3) is 0 Å². The highest BCUT2D eigenvalue weighted by Crippen LogP contribution is 2.32. The van der Waals surface area contributed by atoms with E-state index in [-0.39, 0.29) is 0 Å². The Kier molecular flexibility index (Phi) is 30.0. The Morgan fingerprint density at radius 2 is 0.725 bits per heavy atom. The number of piperidine rings is 1. The average Bonchev–Trinajstić information content (AvgIpc) is 2.03. The number of imidazole rings is 1. The number of fused-ring (bicyclic) bond motifs is 4. The molecule has 18 heteroatoms. The summed E-state index contributed by atoms with van der Waals surface area (Å²) >= 11 is 0. The van der Waals surface area contributed by atoms with Gasteiger partial charge in [-0.25, -0.2) is 4.98 Å². The van der Waals surface area contributed by atoms with Gasteiger partial charge < -0.3 is 81.2 Å². The molecular formula is C73H121N17O. The topological polar surface area (TPSA) is 167 Å². The van der Waals surface area contributed by atoms with E-state index in [9.17, 15) is 0 Å². The van der Waals surface area contributed by atoms with Gasteiger partial charge in [-0.1, -0.05) is 30.7 Å². The van der Waals surface area contributed by atoms with Gasteiger partial charge in [-0.3, -0.25) is 4.90 Å². The predicted octanol–water partition coefficient (Wildman–Crippen LogP) is 8.26. The molecule has 5 aromatic rings. The van der Waals surface area contributed by atoms with Gasteiger partial charge in [0.1, 0.15) is 0 Å². The van der Waals surface area contributed by atoms with Crippen LogP contribution in [0.25, 0.3) is 0 Å².